The van der Waals surface area contributed by atoms with Crippen LogP contribution in [-0.4, -0.2) is 25.2 Å². The van der Waals surface area contributed by atoms with E-state index in [-0.39, 0.29) is 5.91 Å². The van der Waals surface area contributed by atoms with E-state index < -0.39 is 0 Å². The average Bonchev–Trinajstić information content (AvgIpc) is 3.16. The van der Waals surface area contributed by atoms with E-state index in [1.807, 2.05) is 31.2 Å². The topological polar surface area (TPSA) is 71.6 Å². The van der Waals surface area contributed by atoms with Crippen LogP contribution < -0.4 is 25.4 Å². The number of carbonyl (C=O) groups is 1. The second-order valence-corrected chi connectivity index (χ2v) is 8.31. The lowest BCUT2D eigenvalue weighted by molar-refractivity contribution is 0.103. The second kappa shape index (κ2) is 9.80. The van der Waals surface area contributed by atoms with Crippen LogP contribution in [0.3, 0.4) is 0 Å². The van der Waals surface area contributed by atoms with Crippen LogP contribution in [0.2, 0.25) is 5.02 Å². The highest BCUT2D eigenvalue weighted by molar-refractivity contribution is 7.80. The average molecular weight is 462 g/mol. The normalized spacial score (nSPS) is 10.3. The summed E-state index contributed by atoms with van der Waals surface area (Å²) in [6.07, 6.45) is 0. The predicted molar refractivity (Wildman–Crippen MR) is 128 cm³/mol. The van der Waals surface area contributed by atoms with Crippen molar-refractivity contribution in [3.8, 4) is 11.5 Å². The molecule has 0 saturated carbocycles. The molecule has 0 aliphatic heterocycles. The van der Waals surface area contributed by atoms with Gasteiger partial charge in [0.15, 0.2) is 5.11 Å². The van der Waals surface area contributed by atoms with E-state index in [1.54, 1.807) is 31.4 Å². The molecule has 2 aromatic carbocycles. The molecule has 0 radical (unpaired) electrons. The summed E-state index contributed by atoms with van der Waals surface area (Å²) in [6, 6.07) is 14.3. The number of aryl methyl sites for hydroxylation is 1. The van der Waals surface area contributed by atoms with Gasteiger partial charge in [-0.15, -0.1) is 11.3 Å². The SMILES string of the molecule is COc1cc(OC)c(NC(=S)Nc2ccc(NC(=O)c3ccc(C)s3)cc2)cc1Cl. The summed E-state index contributed by atoms with van der Waals surface area (Å²) in [6.45, 7) is 1.97. The number of amides is 1. The number of anilines is 3. The van der Waals surface area contributed by atoms with Crippen LogP contribution >= 0.6 is 35.2 Å². The fourth-order valence-corrected chi connectivity index (χ4v) is 3.86. The Balaban J connectivity index is 1.62. The van der Waals surface area contributed by atoms with Crippen molar-refractivity contribution in [3.63, 3.8) is 0 Å². The van der Waals surface area contributed by atoms with Crippen molar-refractivity contribution in [3.05, 3.63) is 63.3 Å². The van der Waals surface area contributed by atoms with Gasteiger partial charge >= 0.3 is 0 Å². The first-order chi connectivity index (χ1) is 14.4. The quantitative estimate of drug-likeness (QED) is 0.404. The lowest BCUT2D eigenvalue weighted by Gasteiger charge is -2.15. The van der Waals surface area contributed by atoms with E-state index in [9.17, 15) is 4.79 Å². The third-order valence-electron chi connectivity index (χ3n) is 4.09. The number of methoxy groups -OCH3 is 2. The molecule has 0 spiro atoms. The molecule has 156 valence electrons. The van der Waals surface area contributed by atoms with Crippen LogP contribution in [-0.2, 0) is 0 Å². The smallest absolute Gasteiger partial charge is 0.265 e. The molecule has 1 aromatic heterocycles. The fraction of sp³-hybridized carbons (Fsp3) is 0.143. The Morgan fingerprint density at radius 2 is 1.57 bits per heavy atom. The van der Waals surface area contributed by atoms with E-state index >= 15 is 0 Å². The maximum atomic E-state index is 12.2. The molecule has 3 aromatic rings. The summed E-state index contributed by atoms with van der Waals surface area (Å²) >= 11 is 13.0. The maximum absolute atomic E-state index is 12.2. The molecule has 1 heterocycles. The Morgan fingerprint density at radius 1 is 0.933 bits per heavy atom. The zero-order valence-electron chi connectivity index (χ0n) is 16.5. The second-order valence-electron chi connectivity index (χ2n) is 6.21. The number of nitrogens with one attached hydrogen (secondary N) is 3. The first-order valence-corrected chi connectivity index (χ1v) is 10.5. The number of hydrogen-bond donors (Lipinski definition) is 3. The summed E-state index contributed by atoms with van der Waals surface area (Å²) in [5, 5.41) is 9.82. The lowest BCUT2D eigenvalue weighted by atomic mass is 10.2. The van der Waals surface area contributed by atoms with Crippen molar-refractivity contribution >= 4 is 63.2 Å². The summed E-state index contributed by atoms with van der Waals surface area (Å²) in [5.41, 5.74) is 2.06. The van der Waals surface area contributed by atoms with Gasteiger partial charge in [-0.05, 0) is 61.6 Å². The van der Waals surface area contributed by atoms with Gasteiger partial charge in [-0.3, -0.25) is 4.79 Å². The molecule has 30 heavy (non-hydrogen) atoms. The molecule has 0 bridgehead atoms. The van der Waals surface area contributed by atoms with Crippen LogP contribution in [0.1, 0.15) is 14.5 Å². The Labute approximate surface area is 189 Å². The Morgan fingerprint density at radius 3 is 2.13 bits per heavy atom. The van der Waals surface area contributed by atoms with Gasteiger partial charge in [0, 0.05) is 22.3 Å². The van der Waals surface area contributed by atoms with Gasteiger partial charge in [-0.1, -0.05) is 11.6 Å². The highest BCUT2D eigenvalue weighted by Crippen LogP contribution is 2.36. The molecule has 9 heteroatoms. The van der Waals surface area contributed by atoms with Crippen LogP contribution in [0.4, 0.5) is 17.1 Å². The molecular formula is C21H20ClN3O3S2. The predicted octanol–water partition coefficient (Wildman–Crippen LogP) is 5.79. The molecule has 0 aliphatic rings. The first-order valence-electron chi connectivity index (χ1n) is 8.87. The minimum absolute atomic E-state index is 0.130. The molecule has 0 fully saturated rings. The van der Waals surface area contributed by atoms with Gasteiger partial charge in [-0.25, -0.2) is 0 Å². The summed E-state index contributed by atoms with van der Waals surface area (Å²) in [7, 11) is 3.09. The van der Waals surface area contributed by atoms with Gasteiger partial charge in [0.25, 0.3) is 5.91 Å². The molecular weight excluding hydrogens is 442 g/mol. The van der Waals surface area contributed by atoms with Crippen LogP contribution in [0.15, 0.2) is 48.5 Å². The number of rotatable bonds is 6. The van der Waals surface area contributed by atoms with Gasteiger partial charge < -0.3 is 25.4 Å². The Bertz CT molecular complexity index is 1070. The van der Waals surface area contributed by atoms with Gasteiger partial charge in [-0.2, -0.15) is 0 Å². The van der Waals surface area contributed by atoms with Gasteiger partial charge in [0.05, 0.1) is 29.8 Å². The zero-order valence-corrected chi connectivity index (χ0v) is 18.9. The number of thiocarbonyl (C=S) groups is 1. The van der Waals surface area contributed by atoms with Crippen LogP contribution in [0.25, 0.3) is 0 Å². The number of halogens is 1. The number of hydrogen-bond acceptors (Lipinski definition) is 5. The Kier molecular flexibility index (Phi) is 7.15. The monoisotopic (exact) mass is 461 g/mol. The minimum Gasteiger partial charge on any atom is -0.495 e. The third-order valence-corrected chi connectivity index (χ3v) is 5.59. The zero-order chi connectivity index (χ0) is 21.7. The largest absolute Gasteiger partial charge is 0.495 e. The van der Waals surface area contributed by atoms with Crippen LogP contribution in [0.5, 0.6) is 11.5 Å². The lowest BCUT2D eigenvalue weighted by Crippen LogP contribution is -2.19. The van der Waals surface area contributed by atoms with E-state index in [4.69, 9.17) is 33.3 Å². The summed E-state index contributed by atoms with van der Waals surface area (Å²) in [4.78, 5) is 14.0. The molecule has 0 saturated heterocycles. The molecule has 0 unspecified atom stereocenters. The van der Waals surface area contributed by atoms with Crippen molar-refractivity contribution in [2.24, 2.45) is 0 Å². The van der Waals surface area contributed by atoms with E-state index in [0.717, 1.165) is 10.6 Å². The van der Waals surface area contributed by atoms with E-state index in [1.165, 1.54) is 18.4 Å². The van der Waals surface area contributed by atoms with E-state index in [2.05, 4.69) is 16.0 Å². The van der Waals surface area contributed by atoms with Crippen molar-refractivity contribution in [1.29, 1.82) is 0 Å². The number of carbonyl (C=O) groups excluding carboxylic acids is 1. The van der Waals surface area contributed by atoms with Crippen molar-refractivity contribution in [1.82, 2.24) is 0 Å². The summed E-state index contributed by atoms with van der Waals surface area (Å²) < 4.78 is 10.6. The highest BCUT2D eigenvalue weighted by Gasteiger charge is 2.12. The molecule has 1 amide bonds. The minimum atomic E-state index is -0.130. The number of benzene rings is 2. The maximum Gasteiger partial charge on any atom is 0.265 e. The fourth-order valence-electron chi connectivity index (χ4n) is 2.63. The molecule has 0 atom stereocenters. The highest BCUT2D eigenvalue weighted by atomic mass is 35.5. The summed E-state index contributed by atoms with van der Waals surface area (Å²) in [5.74, 6) is 0.921. The molecule has 0 aliphatic carbocycles. The van der Waals surface area contributed by atoms with Crippen molar-refractivity contribution in [2.45, 2.75) is 6.92 Å². The molecule has 3 rings (SSSR count). The van der Waals surface area contributed by atoms with Crippen molar-refractivity contribution < 1.29 is 14.3 Å². The standard InChI is InChI=1S/C21H20ClN3O3S2/c1-12-4-9-19(30-12)20(26)23-13-5-7-14(8-6-13)24-21(29)25-16-10-15(22)17(27-2)11-18(16)28-3/h4-11H,1-3H3,(H,23,26)(H2,24,25,29). The third kappa shape index (κ3) is 5.41. The van der Waals surface area contributed by atoms with Gasteiger partial charge in [0.2, 0.25) is 0 Å². The number of ether oxygens (including phenoxy) is 2. The van der Waals surface area contributed by atoms with E-state index in [0.29, 0.717) is 37.9 Å². The van der Waals surface area contributed by atoms with Crippen molar-refractivity contribution in [2.75, 3.05) is 30.2 Å². The molecule has 3 N–H and O–H groups in total. The first kappa shape index (κ1) is 21.9. The Hall–Kier alpha value is -2.81. The van der Waals surface area contributed by atoms with Crippen LogP contribution in [0, 0.1) is 6.92 Å². The molecule has 6 nitrogen and oxygen atoms in total. The van der Waals surface area contributed by atoms with Gasteiger partial charge in [0.1, 0.15) is 11.5 Å². The number of thiophene rings is 1.